The minimum atomic E-state index is -4.62. The quantitative estimate of drug-likeness (QED) is 0.582. The molecular formula is C20H23F4N5O3. The van der Waals surface area contributed by atoms with Gasteiger partial charge in [-0.25, -0.2) is 13.9 Å². The van der Waals surface area contributed by atoms with Crippen molar-refractivity contribution in [1.29, 1.82) is 0 Å². The van der Waals surface area contributed by atoms with E-state index in [1.54, 1.807) is 0 Å². The number of methoxy groups -OCH3 is 1. The van der Waals surface area contributed by atoms with Crippen LogP contribution in [0, 0.1) is 5.82 Å². The van der Waals surface area contributed by atoms with Crippen LogP contribution in [0.5, 0.6) is 0 Å². The molecule has 1 saturated heterocycles. The number of hydrogen-bond acceptors (Lipinski definition) is 7. The molecule has 3 N–H and O–H groups in total. The van der Waals surface area contributed by atoms with E-state index in [-0.39, 0.29) is 34.5 Å². The Morgan fingerprint density at radius 2 is 2.00 bits per heavy atom. The summed E-state index contributed by atoms with van der Waals surface area (Å²) in [6.07, 6.45) is -0.634. The molecule has 3 aromatic heterocycles. The van der Waals surface area contributed by atoms with Gasteiger partial charge in [-0.3, -0.25) is 4.98 Å². The second kappa shape index (κ2) is 9.35. The van der Waals surface area contributed by atoms with Crippen LogP contribution in [0.2, 0.25) is 0 Å². The van der Waals surface area contributed by atoms with Crippen molar-refractivity contribution in [2.24, 2.45) is 0 Å². The zero-order valence-corrected chi connectivity index (χ0v) is 17.4. The third kappa shape index (κ3) is 4.81. The molecule has 1 aliphatic heterocycles. The molecule has 2 atom stereocenters. The lowest BCUT2D eigenvalue weighted by molar-refractivity contribution is -0.269. The fourth-order valence-electron chi connectivity index (χ4n) is 3.10. The Morgan fingerprint density at radius 1 is 1.25 bits per heavy atom. The maximum Gasteiger partial charge on any atom is 0.421 e. The van der Waals surface area contributed by atoms with Gasteiger partial charge in [0, 0.05) is 31.5 Å². The molecule has 0 bridgehead atoms. The Hall–Kier alpha value is -2.83. The van der Waals surface area contributed by atoms with Gasteiger partial charge in [0.25, 0.3) is 0 Å². The normalized spacial score (nSPS) is 18.7. The number of nitrogen functional groups attached to an aromatic ring is 1. The first kappa shape index (κ1) is 23.8. The van der Waals surface area contributed by atoms with Crippen LogP contribution >= 0.6 is 0 Å². The molecule has 0 amide bonds. The number of aliphatic hydroxyl groups excluding tert-OH is 1. The van der Waals surface area contributed by atoms with Crippen molar-refractivity contribution >= 4 is 11.5 Å². The number of aliphatic hydroxyl groups is 1. The fraction of sp³-hybridized carbons (Fsp3) is 0.450. The summed E-state index contributed by atoms with van der Waals surface area (Å²) in [5.41, 5.74) is 3.35. The number of rotatable bonds is 3. The van der Waals surface area contributed by atoms with Crippen molar-refractivity contribution in [2.75, 3.05) is 26.1 Å². The minimum absolute atomic E-state index is 0.0760. The molecule has 4 heterocycles. The highest BCUT2D eigenvalue weighted by molar-refractivity contribution is 5.64. The number of ether oxygens (including phenoxy) is 2. The number of nitrogens with two attached hydrogens (primary N) is 1. The number of aromatic nitrogens is 4. The van der Waals surface area contributed by atoms with E-state index in [4.69, 9.17) is 15.6 Å². The maximum atomic E-state index is 14.0. The summed E-state index contributed by atoms with van der Waals surface area (Å²) in [6.45, 7) is 2.28. The van der Waals surface area contributed by atoms with Gasteiger partial charge in [-0.05, 0) is 25.8 Å². The van der Waals surface area contributed by atoms with Crippen molar-refractivity contribution in [2.45, 2.75) is 37.6 Å². The van der Waals surface area contributed by atoms with Gasteiger partial charge >= 0.3 is 6.18 Å². The molecule has 1 fully saturated rings. The van der Waals surface area contributed by atoms with Gasteiger partial charge in [0.05, 0.1) is 30.3 Å². The molecule has 0 aromatic carbocycles. The van der Waals surface area contributed by atoms with Gasteiger partial charge in [0.2, 0.25) is 5.95 Å². The maximum absolute atomic E-state index is 14.0. The molecule has 12 heteroatoms. The topological polar surface area (TPSA) is 108 Å². The molecule has 0 spiro atoms. The van der Waals surface area contributed by atoms with Gasteiger partial charge in [-0.1, -0.05) is 6.07 Å². The number of halogens is 4. The average Bonchev–Trinajstić information content (AvgIpc) is 3.09. The number of anilines is 1. The molecule has 4 rings (SSSR count). The summed E-state index contributed by atoms with van der Waals surface area (Å²) in [5, 5.41) is 12.7. The summed E-state index contributed by atoms with van der Waals surface area (Å²) >= 11 is 0. The number of hydrogen-bond donors (Lipinski definition) is 2. The van der Waals surface area contributed by atoms with E-state index in [1.165, 1.54) is 22.8 Å². The SMILES string of the molecule is COC(C)(c1ccc(-c2cc(F)c3cnc(N)nn23)nc1)C(F)(F)F.OC1CCCOC1. The van der Waals surface area contributed by atoms with Crippen LogP contribution < -0.4 is 5.73 Å². The van der Waals surface area contributed by atoms with Crippen LogP contribution in [0.1, 0.15) is 25.3 Å². The van der Waals surface area contributed by atoms with E-state index in [0.29, 0.717) is 6.61 Å². The predicted molar refractivity (Wildman–Crippen MR) is 107 cm³/mol. The number of fused-ring (bicyclic) bond motifs is 1. The monoisotopic (exact) mass is 457 g/mol. The third-order valence-corrected chi connectivity index (χ3v) is 5.15. The van der Waals surface area contributed by atoms with E-state index < -0.39 is 17.6 Å². The Morgan fingerprint density at radius 3 is 2.50 bits per heavy atom. The van der Waals surface area contributed by atoms with Gasteiger partial charge < -0.3 is 20.3 Å². The molecular weight excluding hydrogens is 434 g/mol. The largest absolute Gasteiger partial charge is 0.421 e. The summed E-state index contributed by atoms with van der Waals surface area (Å²) in [4.78, 5) is 7.70. The highest BCUT2D eigenvalue weighted by atomic mass is 19.4. The second-order valence-electron chi connectivity index (χ2n) is 7.33. The lowest BCUT2D eigenvalue weighted by Gasteiger charge is -2.30. The van der Waals surface area contributed by atoms with Crippen molar-refractivity contribution in [1.82, 2.24) is 19.6 Å². The zero-order valence-electron chi connectivity index (χ0n) is 17.4. The first-order valence-electron chi connectivity index (χ1n) is 9.71. The van der Waals surface area contributed by atoms with Crippen molar-refractivity contribution in [3.8, 4) is 11.4 Å². The van der Waals surface area contributed by atoms with Crippen molar-refractivity contribution in [3.63, 3.8) is 0 Å². The van der Waals surface area contributed by atoms with E-state index >= 15 is 0 Å². The lowest BCUT2D eigenvalue weighted by atomic mass is 9.96. The van der Waals surface area contributed by atoms with Crippen molar-refractivity contribution in [3.05, 3.63) is 42.0 Å². The van der Waals surface area contributed by atoms with Gasteiger partial charge in [0.1, 0.15) is 5.52 Å². The summed E-state index contributed by atoms with van der Waals surface area (Å²) in [7, 11) is 0.969. The van der Waals surface area contributed by atoms with Crippen LogP contribution in [0.25, 0.3) is 16.9 Å². The third-order valence-electron chi connectivity index (χ3n) is 5.15. The van der Waals surface area contributed by atoms with Crippen LogP contribution in [-0.4, -0.2) is 57.3 Å². The van der Waals surface area contributed by atoms with Crippen LogP contribution in [0.4, 0.5) is 23.5 Å². The van der Waals surface area contributed by atoms with E-state index in [2.05, 4.69) is 19.8 Å². The van der Waals surface area contributed by atoms with E-state index in [9.17, 15) is 17.6 Å². The molecule has 0 aliphatic carbocycles. The highest BCUT2D eigenvalue weighted by Gasteiger charge is 2.53. The predicted octanol–water partition coefficient (Wildman–Crippen LogP) is 3.09. The van der Waals surface area contributed by atoms with Gasteiger partial charge in [0.15, 0.2) is 11.4 Å². The molecule has 3 aromatic rings. The Bertz CT molecular complexity index is 1050. The smallest absolute Gasteiger partial charge is 0.391 e. The summed E-state index contributed by atoms with van der Waals surface area (Å²) in [6, 6.07) is 3.71. The average molecular weight is 457 g/mol. The minimum Gasteiger partial charge on any atom is -0.391 e. The summed E-state index contributed by atoms with van der Waals surface area (Å²) in [5.74, 6) is -0.678. The van der Waals surface area contributed by atoms with Crippen LogP contribution in [-0.2, 0) is 15.1 Å². The number of nitrogens with zero attached hydrogens (tertiary/aromatic N) is 4. The molecule has 0 saturated carbocycles. The van der Waals surface area contributed by atoms with Gasteiger partial charge in [-0.2, -0.15) is 13.2 Å². The number of pyridine rings is 1. The first-order valence-corrected chi connectivity index (χ1v) is 9.71. The molecule has 1 aliphatic rings. The second-order valence-corrected chi connectivity index (χ2v) is 7.33. The molecule has 32 heavy (non-hydrogen) atoms. The van der Waals surface area contributed by atoms with Gasteiger partial charge in [-0.15, -0.1) is 5.10 Å². The Kier molecular flexibility index (Phi) is 6.96. The molecule has 2 unspecified atom stereocenters. The van der Waals surface area contributed by atoms with Crippen LogP contribution in [0.15, 0.2) is 30.6 Å². The Balaban J connectivity index is 0.000000352. The number of alkyl halides is 3. The summed E-state index contributed by atoms with van der Waals surface area (Å²) < 4.78 is 64.4. The lowest BCUT2D eigenvalue weighted by Crippen LogP contribution is -2.41. The van der Waals surface area contributed by atoms with E-state index in [0.717, 1.165) is 45.7 Å². The molecule has 0 radical (unpaired) electrons. The first-order chi connectivity index (χ1) is 15.1. The van der Waals surface area contributed by atoms with E-state index in [1.807, 2.05) is 0 Å². The zero-order chi connectivity index (χ0) is 23.5. The Labute approximate surface area is 181 Å². The van der Waals surface area contributed by atoms with Crippen molar-refractivity contribution < 1.29 is 32.1 Å². The molecule has 174 valence electrons. The highest BCUT2D eigenvalue weighted by Crippen LogP contribution is 2.41. The fourth-order valence-corrected chi connectivity index (χ4v) is 3.10. The molecule has 8 nitrogen and oxygen atoms in total. The standard InChI is InChI=1S/C15H13F4N5O.C5H10O2/c1-14(25-2,15(17,18)19)8-3-4-10(21-6-8)11-5-9(16)12-7-22-13(20)23-24(11)12;6-5-2-1-3-7-4-5/h3-7H,1-2H3,(H2,20,23);5-6H,1-4H2. The van der Waals surface area contributed by atoms with Crippen LogP contribution in [0.3, 0.4) is 0 Å².